The van der Waals surface area contributed by atoms with Gasteiger partial charge in [-0.2, -0.15) is 0 Å². The van der Waals surface area contributed by atoms with Crippen molar-refractivity contribution in [2.75, 3.05) is 6.54 Å². The number of nitrogens with zero attached hydrogens (tertiary/aromatic N) is 1. The number of pyridine rings is 2. The van der Waals surface area contributed by atoms with Gasteiger partial charge in [-0.1, -0.05) is 19.9 Å². The zero-order valence-corrected chi connectivity index (χ0v) is 11.2. The van der Waals surface area contributed by atoms with Crippen molar-refractivity contribution < 1.29 is 4.79 Å². The first-order valence-electron chi connectivity index (χ1n) is 6.48. The molecule has 4 heteroatoms. The number of fused-ring (bicyclic) bond motifs is 1. The molecule has 2 aromatic heterocycles. The molecule has 1 amide bonds. The summed E-state index contributed by atoms with van der Waals surface area (Å²) in [6.07, 6.45) is 2.57. The van der Waals surface area contributed by atoms with Crippen LogP contribution in [0.3, 0.4) is 0 Å². The van der Waals surface area contributed by atoms with Crippen LogP contribution in [-0.4, -0.2) is 16.9 Å². The first-order valence-corrected chi connectivity index (χ1v) is 6.48. The Morgan fingerprint density at radius 3 is 2.79 bits per heavy atom. The molecule has 0 fully saturated rings. The highest BCUT2D eigenvalue weighted by Gasteiger charge is 2.11. The van der Waals surface area contributed by atoms with E-state index in [1.54, 1.807) is 24.4 Å². The smallest absolute Gasteiger partial charge is 0.267 e. The van der Waals surface area contributed by atoms with Crippen LogP contribution in [0.15, 0.2) is 41.3 Å². The molecular weight excluding hydrogens is 240 g/mol. The van der Waals surface area contributed by atoms with Gasteiger partial charge in [-0.3, -0.25) is 14.0 Å². The average molecular weight is 258 g/mol. The highest BCUT2D eigenvalue weighted by molar-refractivity contribution is 5.94. The molecule has 0 aliphatic heterocycles. The largest absolute Gasteiger partial charge is 0.352 e. The van der Waals surface area contributed by atoms with Crippen LogP contribution in [-0.2, 0) is 0 Å². The van der Waals surface area contributed by atoms with E-state index < -0.39 is 0 Å². The summed E-state index contributed by atoms with van der Waals surface area (Å²) in [5.74, 6) is 0.224. The summed E-state index contributed by atoms with van der Waals surface area (Å²) >= 11 is 0. The van der Waals surface area contributed by atoms with E-state index in [4.69, 9.17) is 0 Å². The molecule has 0 radical (unpaired) electrons. The Kier molecular flexibility index (Phi) is 4.00. The topological polar surface area (TPSA) is 50.6 Å². The van der Waals surface area contributed by atoms with Crippen LogP contribution >= 0.6 is 0 Å². The van der Waals surface area contributed by atoms with E-state index >= 15 is 0 Å². The lowest BCUT2D eigenvalue weighted by molar-refractivity contribution is 0.0950. The summed E-state index contributed by atoms with van der Waals surface area (Å²) < 4.78 is 1.48. The maximum absolute atomic E-state index is 12.2. The van der Waals surface area contributed by atoms with Crippen LogP contribution in [0, 0.1) is 5.92 Å². The third kappa shape index (κ3) is 3.02. The fraction of sp³-hybridized carbons (Fsp3) is 0.333. The Morgan fingerprint density at radius 1 is 1.26 bits per heavy atom. The lowest BCUT2D eigenvalue weighted by Crippen LogP contribution is -2.32. The molecule has 0 spiro atoms. The van der Waals surface area contributed by atoms with Crippen molar-refractivity contribution in [1.82, 2.24) is 9.72 Å². The minimum absolute atomic E-state index is 0.187. The van der Waals surface area contributed by atoms with E-state index in [-0.39, 0.29) is 17.0 Å². The fourth-order valence-electron chi connectivity index (χ4n) is 1.89. The summed E-state index contributed by atoms with van der Waals surface area (Å²) in [5, 5.41) is 2.78. The van der Waals surface area contributed by atoms with Gasteiger partial charge in [-0.05, 0) is 36.6 Å². The van der Waals surface area contributed by atoms with Crippen LogP contribution in [0.5, 0.6) is 0 Å². The van der Waals surface area contributed by atoms with Gasteiger partial charge in [-0.25, -0.2) is 0 Å². The van der Waals surface area contributed by atoms with Gasteiger partial charge in [0.25, 0.3) is 11.5 Å². The summed E-state index contributed by atoms with van der Waals surface area (Å²) in [6, 6.07) is 8.83. The number of carbonyl (C=O) groups excluding carboxylic acids is 1. The predicted molar refractivity (Wildman–Crippen MR) is 75.5 cm³/mol. The summed E-state index contributed by atoms with van der Waals surface area (Å²) in [5.41, 5.74) is 0.693. The summed E-state index contributed by atoms with van der Waals surface area (Å²) in [7, 11) is 0. The van der Waals surface area contributed by atoms with Gasteiger partial charge >= 0.3 is 0 Å². The molecule has 0 aliphatic carbocycles. The molecule has 0 saturated heterocycles. The van der Waals surface area contributed by atoms with Gasteiger partial charge in [0.2, 0.25) is 0 Å². The summed E-state index contributed by atoms with van der Waals surface area (Å²) in [6.45, 7) is 4.78. The van der Waals surface area contributed by atoms with Crippen LogP contribution in [0.4, 0.5) is 0 Å². The number of carbonyl (C=O) groups is 1. The fourth-order valence-corrected chi connectivity index (χ4v) is 1.89. The Bertz CT molecular complexity index is 644. The Morgan fingerprint density at radius 2 is 2.05 bits per heavy atom. The van der Waals surface area contributed by atoms with Gasteiger partial charge in [0.05, 0.1) is 0 Å². The molecule has 0 bridgehead atoms. The van der Waals surface area contributed by atoms with E-state index in [9.17, 15) is 9.59 Å². The molecule has 1 N–H and O–H groups in total. The lowest BCUT2D eigenvalue weighted by atomic mass is 10.1. The molecular formula is C15H18N2O2. The van der Waals surface area contributed by atoms with Crippen molar-refractivity contribution >= 4 is 11.4 Å². The molecule has 0 aromatic carbocycles. The lowest BCUT2D eigenvalue weighted by Gasteiger charge is -2.07. The highest BCUT2D eigenvalue weighted by atomic mass is 16.2. The van der Waals surface area contributed by atoms with Crippen LogP contribution in [0.1, 0.15) is 30.6 Å². The van der Waals surface area contributed by atoms with Crippen molar-refractivity contribution in [1.29, 1.82) is 0 Å². The Hall–Kier alpha value is -2.10. The number of rotatable bonds is 4. The van der Waals surface area contributed by atoms with Crippen LogP contribution in [0.25, 0.3) is 5.52 Å². The zero-order chi connectivity index (χ0) is 13.8. The minimum atomic E-state index is -0.302. The van der Waals surface area contributed by atoms with Gasteiger partial charge < -0.3 is 5.32 Å². The molecule has 2 rings (SSSR count). The van der Waals surface area contributed by atoms with Crippen molar-refractivity contribution in [3.05, 3.63) is 52.4 Å². The molecule has 0 saturated carbocycles. The Balaban J connectivity index is 2.23. The monoisotopic (exact) mass is 258 g/mol. The van der Waals surface area contributed by atoms with E-state index in [2.05, 4.69) is 19.2 Å². The van der Waals surface area contributed by atoms with Gasteiger partial charge in [-0.15, -0.1) is 0 Å². The maximum atomic E-state index is 12.2. The second kappa shape index (κ2) is 5.69. The molecule has 19 heavy (non-hydrogen) atoms. The molecule has 100 valence electrons. The average Bonchev–Trinajstić information content (AvgIpc) is 2.39. The zero-order valence-electron chi connectivity index (χ0n) is 11.2. The summed E-state index contributed by atoms with van der Waals surface area (Å²) in [4.78, 5) is 24.1. The quantitative estimate of drug-likeness (QED) is 0.912. The number of amides is 1. The van der Waals surface area contributed by atoms with E-state index in [0.717, 1.165) is 11.9 Å². The first kappa shape index (κ1) is 13.3. The highest BCUT2D eigenvalue weighted by Crippen LogP contribution is 2.02. The molecule has 2 heterocycles. The second-order valence-electron chi connectivity index (χ2n) is 4.99. The third-order valence-electron chi connectivity index (χ3n) is 3.01. The van der Waals surface area contributed by atoms with Crippen molar-refractivity contribution in [3.63, 3.8) is 0 Å². The molecule has 0 unspecified atom stereocenters. The normalized spacial score (nSPS) is 10.9. The third-order valence-corrected chi connectivity index (χ3v) is 3.01. The SMILES string of the molecule is CC(C)CCNC(=O)c1ccc2ccccn2c1=O. The number of aromatic nitrogens is 1. The van der Waals surface area contributed by atoms with Gasteiger partial charge in [0.1, 0.15) is 5.56 Å². The number of nitrogens with one attached hydrogen (secondary N) is 1. The van der Waals surface area contributed by atoms with Gasteiger partial charge in [0, 0.05) is 18.3 Å². The van der Waals surface area contributed by atoms with Crippen molar-refractivity contribution in [2.45, 2.75) is 20.3 Å². The molecule has 2 aromatic rings. The molecule has 0 aliphatic rings. The van der Waals surface area contributed by atoms with E-state index in [1.165, 1.54) is 4.40 Å². The minimum Gasteiger partial charge on any atom is -0.352 e. The van der Waals surface area contributed by atoms with Crippen molar-refractivity contribution in [2.24, 2.45) is 5.92 Å². The van der Waals surface area contributed by atoms with Crippen molar-refractivity contribution in [3.8, 4) is 0 Å². The molecule has 0 atom stereocenters. The second-order valence-corrected chi connectivity index (χ2v) is 4.99. The standard InChI is InChI=1S/C15H18N2O2/c1-11(2)8-9-16-14(18)13-7-6-12-5-3-4-10-17(12)15(13)19/h3-7,10-11H,8-9H2,1-2H3,(H,16,18). The van der Waals surface area contributed by atoms with E-state index in [1.807, 2.05) is 12.1 Å². The Labute approximate surface area is 112 Å². The van der Waals surface area contributed by atoms with E-state index in [0.29, 0.717) is 12.5 Å². The maximum Gasteiger partial charge on any atom is 0.267 e. The van der Waals surface area contributed by atoms with Crippen LogP contribution < -0.4 is 10.9 Å². The molecule has 4 nitrogen and oxygen atoms in total. The predicted octanol–water partition coefficient (Wildman–Crippen LogP) is 2.08. The van der Waals surface area contributed by atoms with Crippen LogP contribution in [0.2, 0.25) is 0 Å². The number of hydrogen-bond donors (Lipinski definition) is 1. The number of hydrogen-bond acceptors (Lipinski definition) is 2. The first-order chi connectivity index (χ1) is 9.09. The van der Waals surface area contributed by atoms with Gasteiger partial charge in [0.15, 0.2) is 0 Å².